The lowest BCUT2D eigenvalue weighted by atomic mass is 9.95. The highest BCUT2D eigenvalue weighted by Crippen LogP contribution is 2.48. The van der Waals surface area contributed by atoms with Gasteiger partial charge in [-0.2, -0.15) is 0 Å². The molecule has 7 atom stereocenters. The van der Waals surface area contributed by atoms with Crippen LogP contribution in [-0.4, -0.2) is 103 Å². The first kappa shape index (κ1) is 44.7. The van der Waals surface area contributed by atoms with Crippen molar-refractivity contribution in [3.05, 3.63) is 93.7 Å². The lowest BCUT2D eigenvalue weighted by molar-refractivity contribution is -0.288. The van der Waals surface area contributed by atoms with Gasteiger partial charge in [-0.05, 0) is 34.0 Å². The van der Waals surface area contributed by atoms with Crippen molar-refractivity contribution in [2.24, 2.45) is 0 Å². The van der Waals surface area contributed by atoms with Crippen molar-refractivity contribution in [1.82, 2.24) is 0 Å². The summed E-state index contributed by atoms with van der Waals surface area (Å²) in [5, 5.41) is 13.7. The third-order valence-corrected chi connectivity index (χ3v) is 13.2. The molecular weight excluding hydrogens is 891 g/mol. The Hall–Kier alpha value is -5.94. The molecule has 0 spiro atoms. The summed E-state index contributed by atoms with van der Waals surface area (Å²) in [6, 6.07) is 21.1. The summed E-state index contributed by atoms with van der Waals surface area (Å²) in [6.45, 7) is 4.58. The van der Waals surface area contributed by atoms with Gasteiger partial charge in [0.25, 0.3) is 11.8 Å². The number of nitrogens with zero attached hydrogens (tertiary/aromatic N) is 2. The highest BCUT2D eigenvalue weighted by atomic mass is 35.5. The first-order valence-corrected chi connectivity index (χ1v) is 22.2. The molecule has 8 rings (SSSR count). The second-order valence-electron chi connectivity index (χ2n) is 15.6. The molecule has 334 valence electrons. The molecule has 4 heterocycles. The number of amides is 2. The number of aromatic hydroxyl groups is 1. The molecule has 18 heteroatoms. The maximum Gasteiger partial charge on any atom is 0.303 e. The van der Waals surface area contributed by atoms with E-state index < -0.39 is 67.1 Å². The quantitative estimate of drug-likeness (QED) is 0.0799. The predicted molar refractivity (Wildman–Crippen MR) is 237 cm³/mol. The van der Waals surface area contributed by atoms with Crippen molar-refractivity contribution < 1.29 is 62.3 Å². The summed E-state index contributed by atoms with van der Waals surface area (Å²) in [6.07, 6.45) is -7.18. The molecule has 2 amide bonds. The van der Waals surface area contributed by atoms with Crippen LogP contribution in [0.3, 0.4) is 0 Å². The minimum Gasteiger partial charge on any atom is -0.507 e. The zero-order chi connectivity index (χ0) is 45.6. The first-order valence-electron chi connectivity index (χ1n) is 20.3. The largest absolute Gasteiger partial charge is 0.507 e. The smallest absolute Gasteiger partial charge is 0.303 e. The van der Waals surface area contributed by atoms with Crippen molar-refractivity contribution in [3.63, 3.8) is 0 Å². The van der Waals surface area contributed by atoms with Gasteiger partial charge in [-0.25, -0.2) is 0 Å². The predicted octanol–water partition coefficient (Wildman–Crippen LogP) is 7.19. The van der Waals surface area contributed by atoms with E-state index in [9.17, 15) is 33.9 Å². The van der Waals surface area contributed by atoms with Crippen LogP contribution in [0.5, 0.6) is 11.5 Å². The Bertz CT molecular complexity index is 2710. The molecule has 5 aromatic rings. The second-order valence-corrected chi connectivity index (χ2v) is 17.3. The summed E-state index contributed by atoms with van der Waals surface area (Å²) in [5.41, 5.74) is 2.66. The Kier molecular flexibility index (Phi) is 12.8. The zero-order valence-electron chi connectivity index (χ0n) is 34.9. The van der Waals surface area contributed by atoms with Crippen LogP contribution < -0.4 is 14.5 Å². The third kappa shape index (κ3) is 8.42. The van der Waals surface area contributed by atoms with Gasteiger partial charge >= 0.3 is 23.9 Å². The van der Waals surface area contributed by atoms with Crippen LogP contribution in [-0.2, 0) is 42.9 Å². The number of phenols is 1. The molecule has 0 aliphatic carbocycles. The summed E-state index contributed by atoms with van der Waals surface area (Å²) >= 11 is 14.1. The van der Waals surface area contributed by atoms with Crippen LogP contribution in [0.4, 0.5) is 11.4 Å². The minimum atomic E-state index is -1.55. The molecule has 1 aromatic heterocycles. The van der Waals surface area contributed by atoms with E-state index in [2.05, 4.69) is 0 Å². The van der Waals surface area contributed by atoms with Gasteiger partial charge in [-0.15, -0.1) is 34.5 Å². The van der Waals surface area contributed by atoms with Gasteiger partial charge in [0.2, 0.25) is 12.4 Å². The number of hydrogen-bond acceptors (Lipinski definition) is 14. The van der Waals surface area contributed by atoms with Crippen molar-refractivity contribution in [1.29, 1.82) is 0 Å². The van der Waals surface area contributed by atoms with Gasteiger partial charge in [0, 0.05) is 87.3 Å². The summed E-state index contributed by atoms with van der Waals surface area (Å²) in [7, 11) is 0. The van der Waals surface area contributed by atoms with Crippen molar-refractivity contribution in [3.8, 4) is 11.5 Å². The van der Waals surface area contributed by atoms with Gasteiger partial charge in [0.05, 0.1) is 21.1 Å². The molecule has 1 fully saturated rings. The highest BCUT2D eigenvalue weighted by molar-refractivity contribution is 7.16. The summed E-state index contributed by atoms with van der Waals surface area (Å²) in [5.74, 6) is -3.68. The SMILES string of the molecule is CC(=O)OC[C@H]1OC(Oc2cc3c(c4ccccc24)[C@H](CCl)CN3C(=O)c2ccc(C(=O)N3C[C@@H](CCl)c4c3cc(O)c3ccccc43)s2)[C@H](OC(C)=O)C(OC(C)=O)[C@H]1OC(C)=O. The average Bonchev–Trinajstić information content (AvgIpc) is 4.00. The fourth-order valence-corrected chi connectivity index (χ4v) is 10.2. The van der Waals surface area contributed by atoms with Gasteiger partial charge < -0.3 is 43.3 Å². The molecule has 1 saturated heterocycles. The molecule has 2 unspecified atom stereocenters. The van der Waals surface area contributed by atoms with Gasteiger partial charge in [-0.1, -0.05) is 48.5 Å². The number of carbonyl (C=O) groups excluding carboxylic acids is 6. The Morgan fingerprint density at radius 1 is 0.656 bits per heavy atom. The number of hydrogen-bond donors (Lipinski definition) is 1. The lowest BCUT2D eigenvalue weighted by Gasteiger charge is -2.44. The maximum atomic E-state index is 14.6. The Labute approximate surface area is 380 Å². The number of fused-ring (bicyclic) bond motifs is 6. The van der Waals surface area contributed by atoms with Crippen LogP contribution >= 0.6 is 34.5 Å². The van der Waals surface area contributed by atoms with Crippen LogP contribution in [0, 0.1) is 0 Å². The molecular formula is C46H42Cl2N2O13S. The van der Waals surface area contributed by atoms with E-state index in [-0.39, 0.29) is 52.4 Å². The fraction of sp³-hybridized carbons (Fsp3) is 0.348. The van der Waals surface area contributed by atoms with E-state index in [0.717, 1.165) is 48.6 Å². The van der Waals surface area contributed by atoms with Crippen LogP contribution in [0.1, 0.15) is 70.0 Å². The molecule has 1 N–H and O–H groups in total. The van der Waals surface area contributed by atoms with E-state index in [1.807, 2.05) is 36.4 Å². The van der Waals surface area contributed by atoms with Crippen molar-refractivity contribution in [2.75, 3.05) is 41.3 Å². The number of benzene rings is 4. The number of phenolic OH excluding ortho intramolecular Hbond substituents is 1. The van der Waals surface area contributed by atoms with Crippen LogP contribution in [0.25, 0.3) is 21.5 Å². The average molecular weight is 934 g/mol. The van der Waals surface area contributed by atoms with Crippen molar-refractivity contribution in [2.45, 2.75) is 70.2 Å². The summed E-state index contributed by atoms with van der Waals surface area (Å²) in [4.78, 5) is 81.9. The number of carbonyl (C=O) groups is 6. The van der Waals surface area contributed by atoms with Gasteiger partial charge in [-0.3, -0.25) is 28.8 Å². The molecule has 64 heavy (non-hydrogen) atoms. The molecule has 15 nitrogen and oxygen atoms in total. The number of rotatable bonds is 11. The molecule has 4 aromatic carbocycles. The first-order chi connectivity index (χ1) is 30.7. The Morgan fingerprint density at radius 3 is 1.67 bits per heavy atom. The normalized spacial score (nSPS) is 22.4. The monoisotopic (exact) mass is 932 g/mol. The third-order valence-electron chi connectivity index (χ3n) is 11.4. The number of halogens is 2. The van der Waals surface area contributed by atoms with E-state index in [4.69, 9.17) is 51.6 Å². The number of anilines is 2. The molecule has 3 aliphatic rings. The lowest BCUT2D eigenvalue weighted by Crippen LogP contribution is -2.63. The van der Waals surface area contributed by atoms with Gasteiger partial charge in [0.15, 0.2) is 12.2 Å². The molecule has 0 bridgehead atoms. The van der Waals surface area contributed by atoms with E-state index in [0.29, 0.717) is 39.0 Å². The number of esters is 4. The highest BCUT2D eigenvalue weighted by Gasteiger charge is 2.54. The number of ether oxygens (including phenoxy) is 6. The number of thiophene rings is 1. The van der Waals surface area contributed by atoms with E-state index in [1.54, 1.807) is 46.2 Å². The zero-order valence-corrected chi connectivity index (χ0v) is 37.2. The second kappa shape index (κ2) is 18.3. The minimum absolute atomic E-state index is 0.0380. The number of alkyl halides is 2. The van der Waals surface area contributed by atoms with E-state index in [1.165, 1.54) is 6.92 Å². The molecule has 0 radical (unpaired) electrons. The maximum absolute atomic E-state index is 14.6. The molecule has 3 aliphatic heterocycles. The topological polar surface area (TPSA) is 185 Å². The van der Waals surface area contributed by atoms with Crippen LogP contribution in [0.2, 0.25) is 0 Å². The summed E-state index contributed by atoms with van der Waals surface area (Å²) < 4.78 is 34.8. The van der Waals surface area contributed by atoms with Crippen molar-refractivity contribution >= 4 is 103 Å². The Morgan fingerprint density at radius 2 is 1.14 bits per heavy atom. The molecule has 0 saturated carbocycles. The standard InChI is InChI=1S/C46H42Cl2N2O13S/c1-22(51)58-21-36-41(59-23(2)52)42(60-24(3)53)43(61-25(4)54)46(63-36)62-35-16-33-40(31-12-8-6-10-29(31)35)27(18-48)20-50(33)45(57)38-14-13-37(64-38)44(56)49-19-26(17-47)39-30-11-7-5-9-28(30)34(55)15-32(39)49/h5-16,26-27,36,41-43,46,55H,17-21H2,1-4H3/t26-,27-,36-,41+,42?,43-,46?/m1/s1. The van der Waals surface area contributed by atoms with Gasteiger partial charge in [0.1, 0.15) is 24.2 Å². The van der Waals surface area contributed by atoms with Crippen LogP contribution in [0.15, 0.2) is 72.8 Å². The Balaban J connectivity index is 1.14. The fourth-order valence-electron chi connectivity index (χ4n) is 8.82. The van der Waals surface area contributed by atoms with E-state index >= 15 is 0 Å².